The van der Waals surface area contributed by atoms with Gasteiger partial charge in [0.2, 0.25) is 0 Å². The van der Waals surface area contributed by atoms with Crippen molar-refractivity contribution in [1.29, 1.82) is 5.41 Å². The van der Waals surface area contributed by atoms with Gasteiger partial charge >= 0.3 is 0 Å². The third-order valence-corrected chi connectivity index (χ3v) is 3.24. The van der Waals surface area contributed by atoms with Crippen LogP contribution < -0.4 is 5.32 Å². The van der Waals surface area contributed by atoms with Crippen molar-refractivity contribution in [1.82, 2.24) is 9.97 Å². The van der Waals surface area contributed by atoms with Crippen LogP contribution in [0.1, 0.15) is 42.4 Å². The maximum absolute atomic E-state index is 6.97. The van der Waals surface area contributed by atoms with E-state index in [2.05, 4.69) is 59.2 Å². The van der Waals surface area contributed by atoms with Gasteiger partial charge in [0, 0.05) is 24.5 Å². The molecule has 1 aromatic heterocycles. The lowest BCUT2D eigenvalue weighted by atomic mass is 9.97. The van der Waals surface area contributed by atoms with Crippen LogP contribution in [0.5, 0.6) is 0 Å². The van der Waals surface area contributed by atoms with Crippen LogP contribution in [0.2, 0.25) is 0 Å². The van der Waals surface area contributed by atoms with Crippen molar-refractivity contribution in [2.75, 3.05) is 12.4 Å². The minimum absolute atomic E-state index is 0.419. The number of allylic oxidation sites excluding steroid dienone is 1. The molecule has 0 aliphatic carbocycles. The molecule has 0 saturated carbocycles. The molecule has 3 N–H and O–H groups in total. The SMILES string of the molecule is CNc1ccc(C(C)C)c(C#Cc2cnc(/C=C\C=N)[nH]2)c1. The molecule has 2 aromatic rings. The van der Waals surface area contributed by atoms with Crippen LogP contribution in [0.4, 0.5) is 5.69 Å². The molecule has 0 unspecified atom stereocenters. The number of anilines is 1. The molecule has 0 saturated heterocycles. The summed E-state index contributed by atoms with van der Waals surface area (Å²) >= 11 is 0. The van der Waals surface area contributed by atoms with E-state index in [1.54, 1.807) is 18.3 Å². The summed E-state index contributed by atoms with van der Waals surface area (Å²) in [6, 6.07) is 6.25. The molecule has 0 amide bonds. The molecule has 1 heterocycles. The van der Waals surface area contributed by atoms with Gasteiger partial charge in [-0.25, -0.2) is 4.98 Å². The molecule has 0 aliphatic heterocycles. The second kappa shape index (κ2) is 7.28. The summed E-state index contributed by atoms with van der Waals surface area (Å²) in [4.78, 5) is 7.30. The van der Waals surface area contributed by atoms with E-state index < -0.39 is 0 Å². The van der Waals surface area contributed by atoms with Crippen molar-refractivity contribution >= 4 is 18.0 Å². The molecule has 22 heavy (non-hydrogen) atoms. The fourth-order valence-electron chi connectivity index (χ4n) is 2.08. The van der Waals surface area contributed by atoms with Gasteiger partial charge in [0.15, 0.2) is 0 Å². The first-order valence-corrected chi connectivity index (χ1v) is 7.20. The lowest BCUT2D eigenvalue weighted by Crippen LogP contribution is -1.95. The van der Waals surface area contributed by atoms with Crippen molar-refractivity contribution in [3.8, 4) is 11.8 Å². The highest BCUT2D eigenvalue weighted by Gasteiger charge is 2.05. The highest BCUT2D eigenvalue weighted by atomic mass is 14.9. The van der Waals surface area contributed by atoms with E-state index in [-0.39, 0.29) is 0 Å². The minimum Gasteiger partial charge on any atom is -0.388 e. The third-order valence-electron chi connectivity index (χ3n) is 3.24. The normalized spacial score (nSPS) is 10.5. The van der Waals surface area contributed by atoms with Crippen LogP contribution >= 0.6 is 0 Å². The Morgan fingerprint density at radius 1 is 1.32 bits per heavy atom. The minimum atomic E-state index is 0.419. The number of benzene rings is 1. The van der Waals surface area contributed by atoms with Crippen LogP contribution in [-0.2, 0) is 0 Å². The van der Waals surface area contributed by atoms with Crippen LogP contribution in [0, 0.1) is 17.3 Å². The van der Waals surface area contributed by atoms with E-state index in [0.717, 1.165) is 16.9 Å². The molecule has 0 bridgehead atoms. The van der Waals surface area contributed by atoms with Gasteiger partial charge in [-0.1, -0.05) is 25.8 Å². The molecule has 0 aliphatic rings. The van der Waals surface area contributed by atoms with E-state index in [1.807, 2.05) is 7.05 Å². The van der Waals surface area contributed by atoms with Crippen molar-refractivity contribution in [3.05, 3.63) is 53.1 Å². The number of H-pyrrole nitrogens is 1. The molecular weight excluding hydrogens is 272 g/mol. The molecule has 2 rings (SSSR count). The summed E-state index contributed by atoms with van der Waals surface area (Å²) in [5.74, 6) is 7.46. The Bertz CT molecular complexity index is 742. The number of imidazole rings is 1. The van der Waals surface area contributed by atoms with Crippen LogP contribution in [0.25, 0.3) is 6.08 Å². The number of rotatable bonds is 4. The zero-order chi connectivity index (χ0) is 15.9. The zero-order valence-corrected chi connectivity index (χ0v) is 13.1. The van der Waals surface area contributed by atoms with Crippen LogP contribution in [0.15, 0.2) is 30.5 Å². The van der Waals surface area contributed by atoms with Crippen LogP contribution in [0.3, 0.4) is 0 Å². The Morgan fingerprint density at radius 3 is 2.82 bits per heavy atom. The molecule has 112 valence electrons. The summed E-state index contributed by atoms with van der Waals surface area (Å²) in [6.45, 7) is 4.33. The summed E-state index contributed by atoms with van der Waals surface area (Å²) in [5, 5.41) is 10.1. The first-order chi connectivity index (χ1) is 10.6. The maximum Gasteiger partial charge on any atom is 0.130 e. The predicted octanol–water partition coefficient (Wildman–Crippen LogP) is 3.64. The van der Waals surface area contributed by atoms with Crippen molar-refractivity contribution in [2.24, 2.45) is 0 Å². The quantitative estimate of drug-likeness (QED) is 0.595. The molecule has 4 heteroatoms. The molecule has 0 spiro atoms. The number of aromatic nitrogens is 2. The van der Waals surface area contributed by atoms with Crippen molar-refractivity contribution in [3.63, 3.8) is 0 Å². The molecule has 0 atom stereocenters. The lowest BCUT2D eigenvalue weighted by Gasteiger charge is -2.10. The second-order valence-corrected chi connectivity index (χ2v) is 5.16. The van der Waals surface area contributed by atoms with Gasteiger partial charge in [0.05, 0.1) is 6.20 Å². The number of aromatic amines is 1. The van der Waals surface area contributed by atoms with Crippen molar-refractivity contribution < 1.29 is 0 Å². The maximum atomic E-state index is 6.97. The second-order valence-electron chi connectivity index (χ2n) is 5.16. The monoisotopic (exact) mass is 292 g/mol. The molecule has 1 aromatic carbocycles. The number of hydrogen-bond acceptors (Lipinski definition) is 3. The molecule has 0 radical (unpaired) electrons. The van der Waals surface area contributed by atoms with Crippen molar-refractivity contribution in [2.45, 2.75) is 19.8 Å². The predicted molar refractivity (Wildman–Crippen MR) is 92.5 cm³/mol. The van der Waals surface area contributed by atoms with Gasteiger partial charge < -0.3 is 15.7 Å². The number of nitrogens with zero attached hydrogens (tertiary/aromatic N) is 1. The molecule has 4 nitrogen and oxygen atoms in total. The van der Waals surface area contributed by atoms with Gasteiger partial charge in [-0.15, -0.1) is 0 Å². The first kappa shape index (κ1) is 15.6. The van der Waals surface area contributed by atoms with E-state index >= 15 is 0 Å². The Morgan fingerprint density at radius 2 is 2.14 bits per heavy atom. The Balaban J connectivity index is 2.32. The lowest BCUT2D eigenvalue weighted by molar-refractivity contribution is 0.863. The van der Waals surface area contributed by atoms with Gasteiger partial charge in [-0.3, -0.25) is 0 Å². The molecular formula is C18H20N4. The Labute approximate surface area is 131 Å². The average molecular weight is 292 g/mol. The summed E-state index contributed by atoms with van der Waals surface area (Å²) in [7, 11) is 1.90. The summed E-state index contributed by atoms with van der Waals surface area (Å²) < 4.78 is 0. The van der Waals surface area contributed by atoms with Gasteiger partial charge in [0.1, 0.15) is 11.5 Å². The number of nitrogens with one attached hydrogen (secondary N) is 3. The fourth-order valence-corrected chi connectivity index (χ4v) is 2.08. The van der Waals surface area contributed by atoms with E-state index in [4.69, 9.17) is 5.41 Å². The zero-order valence-electron chi connectivity index (χ0n) is 13.1. The van der Waals surface area contributed by atoms with Gasteiger partial charge in [-0.2, -0.15) is 0 Å². The third kappa shape index (κ3) is 3.86. The fraction of sp³-hybridized carbons (Fsp3) is 0.222. The average Bonchev–Trinajstić information content (AvgIpc) is 2.98. The first-order valence-electron chi connectivity index (χ1n) is 7.20. The highest BCUT2D eigenvalue weighted by molar-refractivity contribution is 5.74. The summed E-state index contributed by atoms with van der Waals surface area (Å²) in [6.07, 6.45) is 6.27. The van der Waals surface area contributed by atoms with E-state index in [1.165, 1.54) is 11.8 Å². The number of hydrogen-bond donors (Lipinski definition) is 3. The Kier molecular flexibility index (Phi) is 5.16. The Hall–Kier alpha value is -2.80. The smallest absolute Gasteiger partial charge is 0.130 e. The highest BCUT2D eigenvalue weighted by Crippen LogP contribution is 2.22. The summed E-state index contributed by atoms with van der Waals surface area (Å²) in [5.41, 5.74) is 4.06. The van der Waals surface area contributed by atoms with E-state index in [0.29, 0.717) is 11.7 Å². The largest absolute Gasteiger partial charge is 0.388 e. The molecule has 0 fully saturated rings. The standard InChI is InChI=1S/C18H20N4/c1-13(2)17-9-8-15(20-3)11-14(17)6-7-16-12-21-18(22-16)5-4-10-19/h4-5,8-13,19-20H,1-3H3,(H,21,22)/b5-4-,19-10?. The van der Waals surface area contributed by atoms with Crippen LogP contribution in [-0.4, -0.2) is 23.2 Å². The topological polar surface area (TPSA) is 64.6 Å². The van der Waals surface area contributed by atoms with Gasteiger partial charge in [0.25, 0.3) is 0 Å². The van der Waals surface area contributed by atoms with Gasteiger partial charge in [-0.05, 0) is 41.7 Å². The van der Waals surface area contributed by atoms with E-state index in [9.17, 15) is 0 Å².